The molecular formula is C10H13N3O5S. The highest BCUT2D eigenvalue weighted by atomic mass is 32.1. The molecule has 1 heterocycles. The number of aromatic nitrogens is 2. The summed E-state index contributed by atoms with van der Waals surface area (Å²) < 4.78 is 12.6. The van der Waals surface area contributed by atoms with Gasteiger partial charge in [-0.3, -0.25) is 14.4 Å². The van der Waals surface area contributed by atoms with Crippen molar-refractivity contribution in [2.75, 3.05) is 27.3 Å². The standard InChI is InChI=1S/C10H13N3O5S/c1-6-9(19-12-11-6)10(16)13(4-7(14)17-2)5-8(15)18-3/h4-5H2,1-3H3. The van der Waals surface area contributed by atoms with E-state index in [2.05, 4.69) is 19.1 Å². The summed E-state index contributed by atoms with van der Waals surface area (Å²) in [6.45, 7) is 0.925. The van der Waals surface area contributed by atoms with Gasteiger partial charge in [0.25, 0.3) is 5.91 Å². The van der Waals surface area contributed by atoms with Gasteiger partial charge in [0.1, 0.15) is 18.0 Å². The fourth-order valence-electron chi connectivity index (χ4n) is 1.21. The highest BCUT2D eigenvalue weighted by molar-refractivity contribution is 7.07. The molecule has 1 aromatic rings. The SMILES string of the molecule is COC(=O)CN(CC(=O)OC)C(=O)c1snnc1C. The maximum absolute atomic E-state index is 12.2. The lowest BCUT2D eigenvalue weighted by Gasteiger charge is -2.19. The molecule has 0 aliphatic rings. The highest BCUT2D eigenvalue weighted by Gasteiger charge is 2.25. The number of carbonyl (C=O) groups excluding carboxylic acids is 3. The Bertz CT molecular complexity index is 469. The summed E-state index contributed by atoms with van der Waals surface area (Å²) in [5.41, 5.74) is 0.440. The minimum Gasteiger partial charge on any atom is -0.468 e. The molecule has 1 amide bonds. The van der Waals surface area contributed by atoms with E-state index in [0.717, 1.165) is 16.4 Å². The number of amides is 1. The van der Waals surface area contributed by atoms with E-state index >= 15 is 0 Å². The lowest BCUT2D eigenvalue weighted by atomic mass is 10.3. The van der Waals surface area contributed by atoms with Crippen molar-refractivity contribution in [3.8, 4) is 0 Å². The minimum absolute atomic E-state index is 0.271. The molecule has 0 N–H and O–H groups in total. The second-order valence-corrected chi connectivity index (χ2v) is 4.26. The summed E-state index contributed by atoms with van der Waals surface area (Å²) in [7, 11) is 2.39. The van der Waals surface area contributed by atoms with Gasteiger partial charge in [-0.15, -0.1) is 5.10 Å². The van der Waals surface area contributed by atoms with Crippen molar-refractivity contribution in [2.45, 2.75) is 6.92 Å². The maximum atomic E-state index is 12.2. The van der Waals surface area contributed by atoms with Gasteiger partial charge in [-0.25, -0.2) is 0 Å². The van der Waals surface area contributed by atoms with Crippen molar-refractivity contribution in [3.63, 3.8) is 0 Å². The molecule has 0 radical (unpaired) electrons. The summed E-state index contributed by atoms with van der Waals surface area (Å²) in [6, 6.07) is 0. The zero-order chi connectivity index (χ0) is 14.4. The largest absolute Gasteiger partial charge is 0.468 e. The average Bonchev–Trinajstić information content (AvgIpc) is 2.82. The number of nitrogens with zero attached hydrogens (tertiary/aromatic N) is 3. The van der Waals surface area contributed by atoms with E-state index in [-0.39, 0.29) is 18.0 Å². The van der Waals surface area contributed by atoms with Gasteiger partial charge < -0.3 is 14.4 Å². The molecule has 1 aromatic heterocycles. The van der Waals surface area contributed by atoms with Gasteiger partial charge in [0.05, 0.1) is 19.9 Å². The van der Waals surface area contributed by atoms with E-state index in [1.807, 2.05) is 0 Å². The predicted octanol–water partition coefficient (Wildman–Crippen LogP) is -0.365. The number of methoxy groups -OCH3 is 2. The van der Waals surface area contributed by atoms with Crippen LogP contribution in [-0.4, -0.2) is 59.6 Å². The lowest BCUT2D eigenvalue weighted by molar-refractivity contribution is -0.144. The zero-order valence-corrected chi connectivity index (χ0v) is 11.5. The fraction of sp³-hybridized carbons (Fsp3) is 0.500. The van der Waals surface area contributed by atoms with Crippen LogP contribution in [0.25, 0.3) is 0 Å². The fourth-order valence-corrected chi connectivity index (χ4v) is 1.84. The van der Waals surface area contributed by atoms with Crippen LogP contribution in [0.3, 0.4) is 0 Å². The summed E-state index contributed by atoms with van der Waals surface area (Å²) in [6.07, 6.45) is 0. The van der Waals surface area contributed by atoms with Gasteiger partial charge in [0, 0.05) is 0 Å². The van der Waals surface area contributed by atoms with E-state index < -0.39 is 17.8 Å². The van der Waals surface area contributed by atoms with Crippen molar-refractivity contribution in [2.24, 2.45) is 0 Å². The van der Waals surface area contributed by atoms with Gasteiger partial charge in [-0.2, -0.15) is 0 Å². The van der Waals surface area contributed by atoms with Gasteiger partial charge in [0.2, 0.25) is 0 Å². The van der Waals surface area contributed by atoms with Gasteiger partial charge >= 0.3 is 11.9 Å². The highest BCUT2D eigenvalue weighted by Crippen LogP contribution is 2.12. The van der Waals surface area contributed by atoms with Crippen molar-refractivity contribution >= 4 is 29.4 Å². The third kappa shape index (κ3) is 3.98. The van der Waals surface area contributed by atoms with Crippen LogP contribution in [0, 0.1) is 6.92 Å². The summed E-state index contributed by atoms with van der Waals surface area (Å²) in [5, 5.41) is 3.71. The number of carbonyl (C=O) groups is 3. The van der Waals surface area contributed by atoms with Crippen molar-refractivity contribution in [3.05, 3.63) is 10.6 Å². The third-order valence-electron chi connectivity index (χ3n) is 2.23. The second kappa shape index (κ2) is 6.78. The predicted molar refractivity (Wildman–Crippen MR) is 64.6 cm³/mol. The van der Waals surface area contributed by atoms with Gasteiger partial charge in [-0.05, 0) is 18.5 Å². The number of hydrogen-bond acceptors (Lipinski definition) is 8. The molecule has 9 heteroatoms. The molecular weight excluding hydrogens is 274 g/mol. The quantitative estimate of drug-likeness (QED) is 0.681. The summed E-state index contributed by atoms with van der Waals surface area (Å²) in [4.78, 5) is 36.0. The topological polar surface area (TPSA) is 98.7 Å². The van der Waals surface area contributed by atoms with Crippen LogP contribution < -0.4 is 0 Å². The first-order valence-corrected chi connectivity index (χ1v) is 5.98. The van der Waals surface area contributed by atoms with Crippen LogP contribution in [0.5, 0.6) is 0 Å². The van der Waals surface area contributed by atoms with Crippen LogP contribution in [0.2, 0.25) is 0 Å². The molecule has 0 saturated carbocycles. The Morgan fingerprint density at radius 1 is 1.16 bits per heavy atom. The molecule has 0 aromatic carbocycles. The van der Waals surface area contributed by atoms with Crippen molar-refractivity contribution < 1.29 is 23.9 Å². The van der Waals surface area contributed by atoms with Crippen LogP contribution in [0.4, 0.5) is 0 Å². The van der Waals surface area contributed by atoms with E-state index in [0.29, 0.717) is 5.69 Å². The number of esters is 2. The molecule has 0 fully saturated rings. The van der Waals surface area contributed by atoms with Crippen LogP contribution in [0.15, 0.2) is 0 Å². The molecule has 0 aliphatic heterocycles. The Labute approximate surface area is 113 Å². The first kappa shape index (κ1) is 15.0. The smallest absolute Gasteiger partial charge is 0.325 e. The normalized spacial score (nSPS) is 9.84. The molecule has 8 nitrogen and oxygen atoms in total. The third-order valence-corrected chi connectivity index (χ3v) is 3.04. The van der Waals surface area contributed by atoms with Gasteiger partial charge in [-0.1, -0.05) is 4.49 Å². The molecule has 0 saturated heterocycles. The number of aryl methyl sites for hydroxylation is 1. The Morgan fingerprint density at radius 3 is 2.05 bits per heavy atom. The number of hydrogen-bond donors (Lipinski definition) is 0. The molecule has 0 unspecified atom stereocenters. The van der Waals surface area contributed by atoms with Crippen LogP contribution in [0.1, 0.15) is 15.4 Å². The summed E-state index contributed by atoms with van der Waals surface area (Å²) in [5.74, 6) is -1.77. The molecule has 0 bridgehead atoms. The zero-order valence-electron chi connectivity index (χ0n) is 10.7. The lowest BCUT2D eigenvalue weighted by Crippen LogP contribution is -2.40. The number of rotatable bonds is 5. The second-order valence-electron chi connectivity index (χ2n) is 3.50. The summed E-state index contributed by atoms with van der Waals surface area (Å²) >= 11 is 0.899. The molecule has 104 valence electrons. The minimum atomic E-state index is -0.632. The monoisotopic (exact) mass is 287 g/mol. The molecule has 0 spiro atoms. The Hall–Kier alpha value is -2.03. The van der Waals surface area contributed by atoms with E-state index in [4.69, 9.17) is 0 Å². The van der Waals surface area contributed by atoms with Crippen molar-refractivity contribution in [1.82, 2.24) is 14.5 Å². The Kier molecular flexibility index (Phi) is 5.37. The number of ether oxygens (including phenoxy) is 2. The van der Waals surface area contributed by atoms with Crippen molar-refractivity contribution in [1.29, 1.82) is 0 Å². The van der Waals surface area contributed by atoms with Gasteiger partial charge in [0.15, 0.2) is 0 Å². The van der Waals surface area contributed by atoms with E-state index in [1.54, 1.807) is 6.92 Å². The first-order chi connectivity index (χ1) is 8.99. The average molecular weight is 287 g/mol. The van der Waals surface area contributed by atoms with Crippen LogP contribution in [-0.2, 0) is 19.1 Å². The molecule has 19 heavy (non-hydrogen) atoms. The first-order valence-electron chi connectivity index (χ1n) is 5.21. The molecule has 0 atom stereocenters. The molecule has 0 aliphatic carbocycles. The Balaban J connectivity index is 2.89. The molecule has 1 rings (SSSR count). The van der Waals surface area contributed by atoms with E-state index in [1.165, 1.54) is 14.2 Å². The maximum Gasteiger partial charge on any atom is 0.325 e. The van der Waals surface area contributed by atoms with Crippen LogP contribution >= 0.6 is 11.5 Å². The van der Waals surface area contributed by atoms with E-state index in [9.17, 15) is 14.4 Å². The Morgan fingerprint density at radius 2 is 1.68 bits per heavy atom.